The molecule has 1 heterocycles. The van der Waals surface area contributed by atoms with Crippen LogP contribution in [0.3, 0.4) is 0 Å². The van der Waals surface area contributed by atoms with E-state index in [2.05, 4.69) is 20.2 Å². The van der Waals surface area contributed by atoms with Gasteiger partial charge in [0.05, 0.1) is 5.25 Å². The number of carbonyl (C=O) groups excluding carboxylic acids is 1. The monoisotopic (exact) mass is 382 g/mol. The molecule has 0 spiro atoms. The largest absolute Gasteiger partial charge is 0.301 e. The second kappa shape index (κ2) is 9.02. The zero-order valence-electron chi connectivity index (χ0n) is 14.2. The van der Waals surface area contributed by atoms with Gasteiger partial charge in [-0.3, -0.25) is 4.79 Å². The minimum Gasteiger partial charge on any atom is -0.301 e. The van der Waals surface area contributed by atoms with Crippen LogP contribution in [0.4, 0.5) is 5.13 Å². The van der Waals surface area contributed by atoms with Gasteiger partial charge in [-0.2, -0.15) is 0 Å². The molecule has 0 unspecified atom stereocenters. The standard InChI is InChI=1S/C16H22N4O3S2/c1-12(2)25(22,23)17-11-7-6-10-14(21)18-16-20-19-15(24-16)13-8-4-3-5-9-13/h3-5,8-9,12,17H,6-7,10-11H2,1-2H3,(H,18,20,21). The minimum absolute atomic E-state index is 0.150. The Morgan fingerprint density at radius 1 is 1.16 bits per heavy atom. The van der Waals surface area contributed by atoms with Gasteiger partial charge in [-0.25, -0.2) is 13.1 Å². The molecular formula is C16H22N4O3S2. The first-order valence-electron chi connectivity index (χ1n) is 8.06. The number of amides is 1. The number of sulfonamides is 1. The Bertz CT molecular complexity index is 789. The maximum absolute atomic E-state index is 11.9. The van der Waals surface area contributed by atoms with Gasteiger partial charge in [0.25, 0.3) is 0 Å². The van der Waals surface area contributed by atoms with Crippen LogP contribution in [0.5, 0.6) is 0 Å². The maximum atomic E-state index is 11.9. The molecule has 0 saturated carbocycles. The Morgan fingerprint density at radius 2 is 1.88 bits per heavy atom. The van der Waals surface area contributed by atoms with Crippen LogP contribution in [0.15, 0.2) is 30.3 Å². The number of nitrogens with one attached hydrogen (secondary N) is 2. The second-order valence-electron chi connectivity index (χ2n) is 5.77. The molecule has 0 fully saturated rings. The van der Waals surface area contributed by atoms with Gasteiger partial charge in [-0.15, -0.1) is 10.2 Å². The van der Waals surface area contributed by atoms with E-state index in [1.165, 1.54) is 11.3 Å². The van der Waals surface area contributed by atoms with Crippen molar-refractivity contribution in [2.45, 2.75) is 38.4 Å². The van der Waals surface area contributed by atoms with E-state index < -0.39 is 15.3 Å². The van der Waals surface area contributed by atoms with E-state index in [9.17, 15) is 13.2 Å². The molecule has 9 heteroatoms. The first-order chi connectivity index (χ1) is 11.9. The van der Waals surface area contributed by atoms with E-state index >= 15 is 0 Å². The lowest BCUT2D eigenvalue weighted by Crippen LogP contribution is -2.31. The average molecular weight is 383 g/mol. The van der Waals surface area contributed by atoms with Crippen LogP contribution >= 0.6 is 11.3 Å². The van der Waals surface area contributed by atoms with Crippen molar-refractivity contribution >= 4 is 32.4 Å². The number of carbonyl (C=O) groups is 1. The first-order valence-corrected chi connectivity index (χ1v) is 10.4. The average Bonchev–Trinajstić information content (AvgIpc) is 3.03. The lowest BCUT2D eigenvalue weighted by atomic mass is 10.2. The van der Waals surface area contributed by atoms with Crippen LogP contribution in [0.25, 0.3) is 10.6 Å². The van der Waals surface area contributed by atoms with Crippen LogP contribution in [0, 0.1) is 0 Å². The predicted octanol–water partition coefficient (Wildman–Crippen LogP) is 2.64. The molecule has 0 aliphatic rings. The predicted molar refractivity (Wildman–Crippen MR) is 99.9 cm³/mol. The molecule has 0 atom stereocenters. The molecule has 2 N–H and O–H groups in total. The van der Waals surface area contributed by atoms with E-state index in [1.54, 1.807) is 13.8 Å². The number of anilines is 1. The third-order valence-electron chi connectivity index (χ3n) is 3.45. The van der Waals surface area contributed by atoms with Gasteiger partial charge in [0.2, 0.25) is 21.1 Å². The summed E-state index contributed by atoms with van der Waals surface area (Å²) in [7, 11) is -3.24. The third-order valence-corrected chi connectivity index (χ3v) is 6.18. The number of rotatable bonds is 9. The highest BCUT2D eigenvalue weighted by molar-refractivity contribution is 7.90. The van der Waals surface area contributed by atoms with Crippen molar-refractivity contribution in [3.63, 3.8) is 0 Å². The summed E-state index contributed by atoms with van der Waals surface area (Å²) in [5.41, 5.74) is 0.956. The summed E-state index contributed by atoms with van der Waals surface area (Å²) >= 11 is 1.32. The smallest absolute Gasteiger partial charge is 0.226 e. The fourth-order valence-corrected chi connectivity index (χ4v) is 3.47. The van der Waals surface area contributed by atoms with Crippen molar-refractivity contribution < 1.29 is 13.2 Å². The zero-order chi connectivity index (χ0) is 18.3. The molecule has 7 nitrogen and oxygen atoms in total. The molecule has 0 radical (unpaired) electrons. The maximum Gasteiger partial charge on any atom is 0.226 e. The van der Waals surface area contributed by atoms with Gasteiger partial charge < -0.3 is 5.32 Å². The molecule has 25 heavy (non-hydrogen) atoms. The van der Waals surface area contributed by atoms with E-state index in [0.717, 1.165) is 10.6 Å². The van der Waals surface area contributed by atoms with Crippen LogP contribution in [-0.4, -0.2) is 36.3 Å². The quantitative estimate of drug-likeness (QED) is 0.649. The van der Waals surface area contributed by atoms with Crippen LogP contribution in [0.1, 0.15) is 33.1 Å². The molecule has 0 aliphatic heterocycles. The lowest BCUT2D eigenvalue weighted by molar-refractivity contribution is -0.116. The van der Waals surface area contributed by atoms with Gasteiger partial charge in [-0.1, -0.05) is 41.7 Å². The molecule has 0 saturated heterocycles. The molecule has 0 aliphatic carbocycles. The summed E-state index contributed by atoms with van der Waals surface area (Å²) in [5.74, 6) is -0.150. The van der Waals surface area contributed by atoms with Crippen LogP contribution in [-0.2, 0) is 14.8 Å². The number of nitrogens with zero attached hydrogens (tertiary/aromatic N) is 2. The highest BCUT2D eigenvalue weighted by atomic mass is 32.2. The van der Waals surface area contributed by atoms with Gasteiger partial charge in [0.1, 0.15) is 5.01 Å². The summed E-state index contributed by atoms with van der Waals surface area (Å²) in [6.07, 6.45) is 1.51. The van der Waals surface area contributed by atoms with Crippen LogP contribution < -0.4 is 10.0 Å². The molecule has 1 amide bonds. The van der Waals surface area contributed by atoms with E-state index in [1.807, 2.05) is 30.3 Å². The number of unbranched alkanes of at least 4 members (excludes halogenated alkanes) is 1. The Hall–Kier alpha value is -1.84. The second-order valence-corrected chi connectivity index (χ2v) is 9.07. The Labute approximate surface area is 151 Å². The Morgan fingerprint density at radius 3 is 2.56 bits per heavy atom. The summed E-state index contributed by atoms with van der Waals surface area (Å²) in [6, 6.07) is 9.63. The Balaban J connectivity index is 1.72. The summed E-state index contributed by atoms with van der Waals surface area (Å²) in [6.45, 7) is 3.59. The normalized spacial score (nSPS) is 11.6. The number of hydrogen-bond acceptors (Lipinski definition) is 6. The zero-order valence-corrected chi connectivity index (χ0v) is 15.9. The topological polar surface area (TPSA) is 101 Å². The highest BCUT2D eigenvalue weighted by Crippen LogP contribution is 2.25. The van der Waals surface area contributed by atoms with Crippen molar-refractivity contribution in [3.05, 3.63) is 30.3 Å². The van der Waals surface area contributed by atoms with Crippen molar-refractivity contribution in [1.82, 2.24) is 14.9 Å². The van der Waals surface area contributed by atoms with Crippen molar-refractivity contribution in [1.29, 1.82) is 0 Å². The van der Waals surface area contributed by atoms with Gasteiger partial charge >= 0.3 is 0 Å². The van der Waals surface area contributed by atoms with E-state index in [4.69, 9.17) is 0 Å². The fraction of sp³-hybridized carbons (Fsp3) is 0.438. The van der Waals surface area contributed by atoms with Crippen LogP contribution in [0.2, 0.25) is 0 Å². The van der Waals surface area contributed by atoms with Gasteiger partial charge in [0.15, 0.2) is 0 Å². The number of benzene rings is 1. The minimum atomic E-state index is -3.24. The summed E-state index contributed by atoms with van der Waals surface area (Å²) in [4.78, 5) is 11.9. The fourth-order valence-electron chi connectivity index (χ4n) is 1.94. The van der Waals surface area contributed by atoms with Gasteiger partial charge in [-0.05, 0) is 26.7 Å². The summed E-state index contributed by atoms with van der Waals surface area (Å²) < 4.78 is 25.7. The Kier molecular flexibility index (Phi) is 7.03. The van der Waals surface area contributed by atoms with Crippen molar-refractivity contribution in [3.8, 4) is 10.6 Å². The van der Waals surface area contributed by atoms with E-state index in [0.29, 0.717) is 30.9 Å². The molecule has 2 rings (SSSR count). The van der Waals surface area contributed by atoms with Crippen molar-refractivity contribution in [2.24, 2.45) is 0 Å². The van der Waals surface area contributed by atoms with E-state index in [-0.39, 0.29) is 5.91 Å². The van der Waals surface area contributed by atoms with Gasteiger partial charge in [0, 0.05) is 18.5 Å². The summed E-state index contributed by atoms with van der Waals surface area (Å²) in [5, 5.41) is 11.5. The number of aromatic nitrogens is 2. The lowest BCUT2D eigenvalue weighted by Gasteiger charge is -2.08. The molecule has 136 valence electrons. The third kappa shape index (κ3) is 6.18. The van der Waals surface area contributed by atoms with Crippen molar-refractivity contribution in [2.75, 3.05) is 11.9 Å². The molecule has 2 aromatic rings. The number of hydrogen-bond donors (Lipinski definition) is 2. The molecule has 0 bridgehead atoms. The molecule has 1 aromatic heterocycles. The SMILES string of the molecule is CC(C)S(=O)(=O)NCCCCC(=O)Nc1nnc(-c2ccccc2)s1. The molecular weight excluding hydrogens is 360 g/mol. The first kappa shape index (κ1) is 19.5. The highest BCUT2D eigenvalue weighted by Gasteiger charge is 2.14. The molecule has 1 aromatic carbocycles.